The van der Waals surface area contributed by atoms with Crippen LogP contribution in [0.15, 0.2) is 18.2 Å². The summed E-state index contributed by atoms with van der Waals surface area (Å²) in [4.78, 5) is 11.6. The smallest absolute Gasteiger partial charge is 0.412 e. The molecule has 0 spiro atoms. The van der Waals surface area contributed by atoms with Crippen LogP contribution >= 0.6 is 0 Å². The van der Waals surface area contributed by atoms with E-state index in [2.05, 4.69) is 5.32 Å². The number of hydrogen-bond donors (Lipinski definition) is 3. The van der Waals surface area contributed by atoms with Crippen molar-refractivity contribution in [3.05, 3.63) is 23.8 Å². The highest BCUT2D eigenvalue weighted by Gasteiger charge is 2.17. The first-order valence-electron chi connectivity index (χ1n) is 5.84. The van der Waals surface area contributed by atoms with Gasteiger partial charge in [-0.15, -0.1) is 0 Å². The number of phenolic OH excluding ortho intramolecular Hbond substituents is 1. The van der Waals surface area contributed by atoms with Crippen LogP contribution in [0.5, 0.6) is 5.75 Å². The zero-order chi connectivity index (χ0) is 13.8. The molecule has 1 amide bonds. The number of carbonyl (C=O) groups is 1. The second kappa shape index (κ2) is 5.73. The third kappa shape index (κ3) is 4.63. The number of hydrogen-bond acceptors (Lipinski definition) is 4. The van der Waals surface area contributed by atoms with Crippen LogP contribution in [0.4, 0.5) is 10.5 Å². The van der Waals surface area contributed by atoms with Gasteiger partial charge in [0.1, 0.15) is 11.4 Å². The van der Waals surface area contributed by atoms with Crippen LogP contribution in [-0.4, -0.2) is 23.3 Å². The third-order valence-electron chi connectivity index (χ3n) is 2.13. The molecular weight excluding hydrogens is 232 g/mol. The lowest BCUT2D eigenvalue weighted by molar-refractivity contribution is 0.0635. The van der Waals surface area contributed by atoms with Crippen molar-refractivity contribution >= 4 is 11.8 Å². The van der Waals surface area contributed by atoms with Crippen LogP contribution in [-0.2, 0) is 11.2 Å². The van der Waals surface area contributed by atoms with Gasteiger partial charge in [-0.3, -0.25) is 5.32 Å². The fourth-order valence-corrected chi connectivity index (χ4v) is 1.42. The van der Waals surface area contributed by atoms with E-state index in [1.54, 1.807) is 32.9 Å². The van der Waals surface area contributed by atoms with Gasteiger partial charge in [-0.05, 0) is 51.4 Å². The molecule has 18 heavy (non-hydrogen) atoms. The summed E-state index contributed by atoms with van der Waals surface area (Å²) in [6, 6.07) is 4.98. The summed E-state index contributed by atoms with van der Waals surface area (Å²) in [5.74, 6) is 0.00151. The van der Waals surface area contributed by atoms with Crippen LogP contribution in [0.3, 0.4) is 0 Å². The zero-order valence-electron chi connectivity index (χ0n) is 11.0. The molecule has 0 aromatic heterocycles. The largest absolute Gasteiger partial charge is 0.506 e. The summed E-state index contributed by atoms with van der Waals surface area (Å²) in [7, 11) is 0. The molecule has 1 aromatic carbocycles. The molecular formula is C13H20N2O3. The van der Waals surface area contributed by atoms with Crippen molar-refractivity contribution in [2.75, 3.05) is 11.9 Å². The minimum Gasteiger partial charge on any atom is -0.506 e. The van der Waals surface area contributed by atoms with Crippen molar-refractivity contribution in [1.82, 2.24) is 0 Å². The summed E-state index contributed by atoms with van der Waals surface area (Å²) in [5.41, 5.74) is 6.16. The first-order chi connectivity index (χ1) is 8.31. The Balaban J connectivity index is 2.77. The molecule has 0 bridgehead atoms. The number of benzene rings is 1. The lowest BCUT2D eigenvalue weighted by Crippen LogP contribution is -2.27. The van der Waals surface area contributed by atoms with Gasteiger partial charge < -0.3 is 15.6 Å². The highest BCUT2D eigenvalue weighted by molar-refractivity contribution is 5.87. The molecule has 1 rings (SSSR count). The summed E-state index contributed by atoms with van der Waals surface area (Å²) < 4.78 is 5.11. The van der Waals surface area contributed by atoms with Crippen LogP contribution in [0, 0.1) is 0 Å². The van der Waals surface area contributed by atoms with Gasteiger partial charge in [-0.1, -0.05) is 6.07 Å². The van der Waals surface area contributed by atoms with Crippen molar-refractivity contribution in [2.45, 2.75) is 32.8 Å². The van der Waals surface area contributed by atoms with Crippen LogP contribution in [0.25, 0.3) is 0 Å². The Labute approximate surface area is 107 Å². The number of phenols is 1. The van der Waals surface area contributed by atoms with Gasteiger partial charge >= 0.3 is 6.09 Å². The van der Waals surface area contributed by atoms with E-state index in [0.29, 0.717) is 18.7 Å². The van der Waals surface area contributed by atoms with Crippen molar-refractivity contribution in [3.63, 3.8) is 0 Å². The predicted octanol–water partition coefficient (Wildman–Crippen LogP) is 2.24. The Kier molecular flexibility index (Phi) is 4.55. The molecule has 0 unspecified atom stereocenters. The maximum atomic E-state index is 11.6. The predicted molar refractivity (Wildman–Crippen MR) is 70.7 cm³/mol. The number of anilines is 1. The van der Waals surface area contributed by atoms with Crippen LogP contribution in [0.2, 0.25) is 0 Å². The van der Waals surface area contributed by atoms with Crippen molar-refractivity contribution in [2.24, 2.45) is 5.73 Å². The molecule has 0 aliphatic carbocycles. The first-order valence-corrected chi connectivity index (χ1v) is 5.84. The standard InChI is InChI=1S/C13H20N2O3/c1-13(2,3)18-12(17)15-10-8-9(6-7-14)4-5-11(10)16/h4-5,8,16H,6-7,14H2,1-3H3,(H,15,17). The Morgan fingerprint density at radius 2 is 2.11 bits per heavy atom. The Morgan fingerprint density at radius 1 is 1.44 bits per heavy atom. The van der Waals surface area contributed by atoms with Gasteiger partial charge in [0.15, 0.2) is 0 Å². The van der Waals surface area contributed by atoms with E-state index in [-0.39, 0.29) is 5.75 Å². The zero-order valence-corrected chi connectivity index (χ0v) is 11.0. The van der Waals surface area contributed by atoms with Crippen LogP contribution in [0.1, 0.15) is 26.3 Å². The number of rotatable bonds is 3. The summed E-state index contributed by atoms with van der Waals surface area (Å²) in [5, 5.41) is 12.2. The monoisotopic (exact) mass is 252 g/mol. The Bertz CT molecular complexity index is 425. The quantitative estimate of drug-likeness (QED) is 0.720. The molecule has 0 saturated carbocycles. The molecule has 0 radical (unpaired) electrons. The molecule has 100 valence electrons. The lowest BCUT2D eigenvalue weighted by Gasteiger charge is -2.20. The second-order valence-corrected chi connectivity index (χ2v) is 5.02. The number of aromatic hydroxyl groups is 1. The number of ether oxygens (including phenoxy) is 1. The number of carbonyl (C=O) groups excluding carboxylic acids is 1. The summed E-state index contributed by atoms with van der Waals surface area (Å²) in [6.07, 6.45) is 0.0891. The Morgan fingerprint density at radius 3 is 2.67 bits per heavy atom. The maximum Gasteiger partial charge on any atom is 0.412 e. The summed E-state index contributed by atoms with van der Waals surface area (Å²) >= 11 is 0. The molecule has 5 nitrogen and oxygen atoms in total. The van der Waals surface area contributed by atoms with Gasteiger partial charge in [-0.2, -0.15) is 0 Å². The molecule has 0 atom stereocenters. The molecule has 0 aliphatic heterocycles. The lowest BCUT2D eigenvalue weighted by atomic mass is 10.1. The SMILES string of the molecule is CC(C)(C)OC(=O)Nc1cc(CCN)ccc1O. The molecule has 4 N–H and O–H groups in total. The van der Waals surface area contributed by atoms with Crippen molar-refractivity contribution in [3.8, 4) is 5.75 Å². The molecule has 5 heteroatoms. The summed E-state index contributed by atoms with van der Waals surface area (Å²) in [6.45, 7) is 5.84. The van der Waals surface area contributed by atoms with Gasteiger partial charge in [-0.25, -0.2) is 4.79 Å². The Hall–Kier alpha value is -1.75. The molecule has 0 aliphatic rings. The average molecular weight is 252 g/mol. The van der Waals surface area contributed by atoms with Gasteiger partial charge in [0.05, 0.1) is 5.69 Å². The van der Waals surface area contributed by atoms with Crippen molar-refractivity contribution in [1.29, 1.82) is 0 Å². The van der Waals surface area contributed by atoms with Gasteiger partial charge in [0.25, 0.3) is 0 Å². The third-order valence-corrected chi connectivity index (χ3v) is 2.13. The number of nitrogens with one attached hydrogen (secondary N) is 1. The normalized spacial score (nSPS) is 11.1. The van der Waals surface area contributed by atoms with Gasteiger partial charge in [0, 0.05) is 0 Å². The van der Waals surface area contributed by atoms with Crippen molar-refractivity contribution < 1.29 is 14.6 Å². The van der Waals surface area contributed by atoms with E-state index in [4.69, 9.17) is 10.5 Å². The number of amides is 1. The number of nitrogens with two attached hydrogens (primary N) is 1. The van der Waals surface area contributed by atoms with E-state index in [1.807, 2.05) is 0 Å². The van der Waals surface area contributed by atoms with Gasteiger partial charge in [0.2, 0.25) is 0 Å². The average Bonchev–Trinajstić information content (AvgIpc) is 2.20. The van der Waals surface area contributed by atoms with E-state index in [9.17, 15) is 9.90 Å². The van der Waals surface area contributed by atoms with E-state index in [0.717, 1.165) is 5.56 Å². The maximum absolute atomic E-state index is 11.6. The van der Waals surface area contributed by atoms with E-state index < -0.39 is 11.7 Å². The minimum atomic E-state index is -0.595. The second-order valence-electron chi connectivity index (χ2n) is 5.02. The first kappa shape index (κ1) is 14.3. The highest BCUT2D eigenvalue weighted by Crippen LogP contribution is 2.25. The molecule has 0 heterocycles. The van der Waals surface area contributed by atoms with E-state index >= 15 is 0 Å². The van der Waals surface area contributed by atoms with E-state index in [1.165, 1.54) is 6.07 Å². The minimum absolute atomic E-state index is 0.00151. The highest BCUT2D eigenvalue weighted by atomic mass is 16.6. The topological polar surface area (TPSA) is 84.6 Å². The molecule has 0 saturated heterocycles. The fraction of sp³-hybridized carbons (Fsp3) is 0.462. The van der Waals surface area contributed by atoms with Crippen LogP contribution < -0.4 is 11.1 Å². The molecule has 0 fully saturated rings. The fourth-order valence-electron chi connectivity index (χ4n) is 1.42. The molecule has 1 aromatic rings.